The molecule has 0 saturated carbocycles. The number of benzene rings is 1. The zero-order chi connectivity index (χ0) is 13.8. The van der Waals surface area contributed by atoms with Gasteiger partial charge in [0.25, 0.3) is 5.91 Å². The fourth-order valence-corrected chi connectivity index (χ4v) is 2.74. The Bertz CT molecular complexity index is 575. The van der Waals surface area contributed by atoms with Crippen molar-refractivity contribution in [3.8, 4) is 5.75 Å². The summed E-state index contributed by atoms with van der Waals surface area (Å²) in [5.74, 6) is -1.68. The minimum absolute atomic E-state index is 0.308. The van der Waals surface area contributed by atoms with Crippen molar-refractivity contribution in [3.05, 3.63) is 51.5 Å². The molecule has 0 atom stereocenters. The molecule has 0 fully saturated rings. The molecule has 1 aromatic heterocycles. The molecule has 0 saturated heterocycles. The lowest BCUT2D eigenvalue weighted by molar-refractivity contribution is 0.0944. The maximum absolute atomic E-state index is 13.5. The third-order valence-electron chi connectivity index (χ3n) is 2.85. The van der Waals surface area contributed by atoms with E-state index in [4.69, 9.17) is 0 Å². The Kier molecular flexibility index (Phi) is 4.16. The number of nitrogens with one attached hydrogen (secondary N) is 1. The molecule has 0 spiro atoms. The molecule has 0 aliphatic rings. The third-order valence-corrected chi connectivity index (χ3v) is 3.81. The van der Waals surface area contributed by atoms with Crippen molar-refractivity contribution in [1.82, 2.24) is 5.32 Å². The summed E-state index contributed by atoms with van der Waals surface area (Å²) < 4.78 is 13.5. The van der Waals surface area contributed by atoms with E-state index in [0.29, 0.717) is 6.54 Å². The van der Waals surface area contributed by atoms with Crippen LogP contribution in [0.4, 0.5) is 4.39 Å². The standard InChI is InChI=1S/C14H14FNO2S/c1-2-9-6-7-19-12(9)8-16-14(18)13-10(15)4-3-5-11(13)17/h3-7,17H,2,8H2,1H3,(H,16,18). The molecule has 19 heavy (non-hydrogen) atoms. The number of amides is 1. The number of thiophene rings is 1. The predicted molar refractivity (Wildman–Crippen MR) is 72.9 cm³/mol. The molecule has 5 heteroatoms. The zero-order valence-corrected chi connectivity index (χ0v) is 11.3. The van der Waals surface area contributed by atoms with Gasteiger partial charge in [-0.2, -0.15) is 0 Å². The molecule has 1 aromatic carbocycles. The number of aryl methyl sites for hydroxylation is 1. The molecule has 1 heterocycles. The first-order chi connectivity index (χ1) is 9.13. The summed E-state index contributed by atoms with van der Waals surface area (Å²) in [5.41, 5.74) is 0.861. The van der Waals surface area contributed by atoms with Crippen molar-refractivity contribution in [2.75, 3.05) is 0 Å². The molecule has 0 bridgehead atoms. The van der Waals surface area contributed by atoms with E-state index >= 15 is 0 Å². The van der Waals surface area contributed by atoms with Crippen LogP contribution in [-0.4, -0.2) is 11.0 Å². The summed E-state index contributed by atoms with van der Waals surface area (Å²) in [6.07, 6.45) is 0.889. The summed E-state index contributed by atoms with van der Waals surface area (Å²) in [4.78, 5) is 12.9. The lowest BCUT2D eigenvalue weighted by atomic mass is 10.1. The minimum atomic E-state index is -0.723. The summed E-state index contributed by atoms with van der Waals surface area (Å²) in [6, 6.07) is 5.81. The number of phenolic OH excluding ortho intramolecular Hbond substituents is 1. The zero-order valence-electron chi connectivity index (χ0n) is 10.4. The molecule has 2 N–H and O–H groups in total. The van der Waals surface area contributed by atoms with Gasteiger partial charge in [0.2, 0.25) is 0 Å². The summed E-state index contributed by atoms with van der Waals surface area (Å²) in [6.45, 7) is 2.38. The van der Waals surface area contributed by atoms with Crippen molar-refractivity contribution in [2.24, 2.45) is 0 Å². The van der Waals surface area contributed by atoms with Crippen LogP contribution in [0.1, 0.15) is 27.7 Å². The van der Waals surface area contributed by atoms with Crippen LogP contribution in [0.15, 0.2) is 29.6 Å². The van der Waals surface area contributed by atoms with Gasteiger partial charge in [0.1, 0.15) is 17.1 Å². The SMILES string of the molecule is CCc1ccsc1CNC(=O)c1c(O)cccc1F. The molecule has 0 aliphatic carbocycles. The van der Waals surface area contributed by atoms with E-state index in [1.54, 1.807) is 11.3 Å². The monoisotopic (exact) mass is 279 g/mol. The molecular weight excluding hydrogens is 265 g/mol. The molecule has 1 amide bonds. The number of rotatable bonds is 4. The van der Waals surface area contributed by atoms with E-state index < -0.39 is 11.7 Å². The normalized spacial score (nSPS) is 10.4. The number of aromatic hydroxyl groups is 1. The Morgan fingerprint density at radius 2 is 2.21 bits per heavy atom. The lowest BCUT2D eigenvalue weighted by Crippen LogP contribution is -2.24. The van der Waals surface area contributed by atoms with E-state index in [0.717, 1.165) is 17.4 Å². The molecule has 3 nitrogen and oxygen atoms in total. The topological polar surface area (TPSA) is 49.3 Å². The molecule has 2 rings (SSSR count). The summed E-state index contributed by atoms with van der Waals surface area (Å²) in [5, 5.41) is 14.1. The highest BCUT2D eigenvalue weighted by molar-refractivity contribution is 7.10. The van der Waals surface area contributed by atoms with Crippen LogP contribution in [0.2, 0.25) is 0 Å². The highest BCUT2D eigenvalue weighted by Crippen LogP contribution is 2.21. The van der Waals surface area contributed by atoms with Gasteiger partial charge < -0.3 is 10.4 Å². The molecule has 0 unspecified atom stereocenters. The second kappa shape index (κ2) is 5.84. The highest BCUT2D eigenvalue weighted by atomic mass is 32.1. The van der Waals surface area contributed by atoms with E-state index in [1.165, 1.54) is 17.7 Å². The first-order valence-corrected chi connectivity index (χ1v) is 6.82. The number of phenols is 1. The van der Waals surface area contributed by atoms with Gasteiger partial charge in [0.15, 0.2) is 0 Å². The van der Waals surface area contributed by atoms with E-state index in [1.807, 2.05) is 18.4 Å². The van der Waals surface area contributed by atoms with Crippen LogP contribution in [0.25, 0.3) is 0 Å². The van der Waals surface area contributed by atoms with Crippen LogP contribution < -0.4 is 5.32 Å². The number of hydrogen-bond acceptors (Lipinski definition) is 3. The largest absolute Gasteiger partial charge is 0.507 e. The van der Waals surface area contributed by atoms with Crippen molar-refractivity contribution < 1.29 is 14.3 Å². The van der Waals surface area contributed by atoms with Gasteiger partial charge in [0, 0.05) is 4.88 Å². The Morgan fingerprint density at radius 1 is 1.42 bits per heavy atom. The summed E-state index contributed by atoms with van der Waals surface area (Å²) in [7, 11) is 0. The predicted octanol–water partition coefficient (Wildman–Crippen LogP) is 3.09. The van der Waals surface area contributed by atoms with Crippen molar-refractivity contribution in [3.63, 3.8) is 0 Å². The maximum atomic E-state index is 13.5. The van der Waals surface area contributed by atoms with Crippen molar-refractivity contribution in [1.29, 1.82) is 0 Å². The highest BCUT2D eigenvalue weighted by Gasteiger charge is 2.16. The van der Waals surface area contributed by atoms with Crippen LogP contribution in [0.3, 0.4) is 0 Å². The van der Waals surface area contributed by atoms with Crippen LogP contribution in [0, 0.1) is 5.82 Å². The van der Waals surface area contributed by atoms with Gasteiger partial charge in [-0.1, -0.05) is 13.0 Å². The molecule has 2 aromatic rings. The average molecular weight is 279 g/mol. The second-order valence-corrected chi connectivity index (χ2v) is 5.04. The van der Waals surface area contributed by atoms with Gasteiger partial charge in [-0.3, -0.25) is 4.79 Å². The summed E-state index contributed by atoms with van der Waals surface area (Å²) >= 11 is 1.55. The fraction of sp³-hybridized carbons (Fsp3) is 0.214. The van der Waals surface area contributed by atoms with E-state index in [-0.39, 0.29) is 11.3 Å². The average Bonchev–Trinajstić information content (AvgIpc) is 2.83. The van der Waals surface area contributed by atoms with E-state index in [9.17, 15) is 14.3 Å². The number of hydrogen-bond donors (Lipinski definition) is 2. The van der Waals surface area contributed by atoms with Crippen LogP contribution >= 0.6 is 11.3 Å². The van der Waals surface area contributed by atoms with Crippen molar-refractivity contribution >= 4 is 17.2 Å². The molecule has 0 aliphatic heterocycles. The lowest BCUT2D eigenvalue weighted by Gasteiger charge is -2.07. The smallest absolute Gasteiger partial charge is 0.258 e. The quantitative estimate of drug-likeness (QED) is 0.903. The van der Waals surface area contributed by atoms with Crippen molar-refractivity contribution in [2.45, 2.75) is 19.9 Å². The van der Waals surface area contributed by atoms with Gasteiger partial charge in [-0.15, -0.1) is 11.3 Å². The second-order valence-electron chi connectivity index (χ2n) is 4.04. The molecular formula is C14H14FNO2S. The molecule has 100 valence electrons. The number of carbonyl (C=O) groups is 1. The van der Waals surface area contributed by atoms with Crippen LogP contribution in [-0.2, 0) is 13.0 Å². The Labute approximate surface area is 114 Å². The first-order valence-electron chi connectivity index (χ1n) is 5.94. The third kappa shape index (κ3) is 2.93. The van der Waals surface area contributed by atoms with Gasteiger partial charge in [-0.05, 0) is 35.6 Å². The Balaban J connectivity index is 2.10. The first kappa shape index (κ1) is 13.5. The number of carbonyl (C=O) groups excluding carboxylic acids is 1. The van der Waals surface area contributed by atoms with Gasteiger partial charge in [0.05, 0.1) is 6.54 Å². The molecule has 0 radical (unpaired) electrons. The van der Waals surface area contributed by atoms with Crippen LogP contribution in [0.5, 0.6) is 5.75 Å². The van der Waals surface area contributed by atoms with Gasteiger partial charge in [-0.25, -0.2) is 4.39 Å². The maximum Gasteiger partial charge on any atom is 0.258 e. The fourth-order valence-electron chi connectivity index (χ4n) is 1.82. The Morgan fingerprint density at radius 3 is 2.89 bits per heavy atom. The minimum Gasteiger partial charge on any atom is -0.507 e. The van der Waals surface area contributed by atoms with Gasteiger partial charge >= 0.3 is 0 Å². The number of halogens is 1. The Hall–Kier alpha value is -1.88. The van der Waals surface area contributed by atoms with E-state index in [2.05, 4.69) is 5.32 Å².